The fourth-order valence-corrected chi connectivity index (χ4v) is 7.42. The number of thiazole rings is 1. The van der Waals surface area contributed by atoms with E-state index < -0.39 is 20.0 Å². The summed E-state index contributed by atoms with van der Waals surface area (Å²) in [6, 6.07) is 7.28. The topological polar surface area (TPSA) is 99.7 Å². The molecule has 0 unspecified atom stereocenters. The maximum Gasteiger partial charge on any atom is 0.273 e. The van der Waals surface area contributed by atoms with Gasteiger partial charge in [-0.3, -0.25) is 4.72 Å². The number of piperidine rings is 1. The van der Waals surface area contributed by atoms with Gasteiger partial charge in [0.2, 0.25) is 4.34 Å². The van der Waals surface area contributed by atoms with Gasteiger partial charge in [0.05, 0.1) is 17.1 Å². The van der Waals surface area contributed by atoms with Crippen molar-refractivity contribution in [3.05, 3.63) is 30.0 Å². The molecule has 1 aromatic carbocycles. The van der Waals surface area contributed by atoms with Gasteiger partial charge in [-0.2, -0.15) is 0 Å². The van der Waals surface area contributed by atoms with Crippen LogP contribution >= 0.6 is 11.3 Å². The second kappa shape index (κ2) is 8.10. The summed E-state index contributed by atoms with van der Waals surface area (Å²) in [7, 11) is -5.04. The lowest BCUT2D eigenvalue weighted by atomic mass is 9.82. The molecule has 11 heteroatoms. The maximum atomic E-state index is 13.1. The highest BCUT2D eigenvalue weighted by atomic mass is 32.3. The fraction of sp³-hybridized carbons (Fsp3) is 0.526. The van der Waals surface area contributed by atoms with Gasteiger partial charge in [0, 0.05) is 27.2 Å². The van der Waals surface area contributed by atoms with E-state index in [2.05, 4.69) is 28.5 Å². The average Bonchev–Trinajstić information content (AvgIpc) is 3.05. The molecular formula is C19H28N4O4S3. The molecule has 3 rings (SSSR count). The zero-order valence-corrected chi connectivity index (χ0v) is 20.3. The molecule has 2 aromatic rings. The van der Waals surface area contributed by atoms with Crippen LogP contribution in [0.3, 0.4) is 0 Å². The first-order chi connectivity index (χ1) is 13.8. The van der Waals surface area contributed by atoms with Crippen LogP contribution in [0.25, 0.3) is 0 Å². The van der Waals surface area contributed by atoms with Crippen molar-refractivity contribution in [2.24, 2.45) is 5.41 Å². The predicted octanol–water partition coefficient (Wildman–Crippen LogP) is 3.13. The number of benzene rings is 1. The molecule has 166 valence electrons. The number of rotatable bonds is 6. The van der Waals surface area contributed by atoms with Crippen molar-refractivity contribution >= 4 is 42.8 Å². The molecule has 1 fully saturated rings. The van der Waals surface area contributed by atoms with Crippen LogP contribution in [0, 0.1) is 12.3 Å². The van der Waals surface area contributed by atoms with Crippen molar-refractivity contribution in [1.82, 2.24) is 9.29 Å². The number of hydrogen-bond acceptors (Lipinski definition) is 7. The van der Waals surface area contributed by atoms with Crippen LogP contribution in [0.4, 0.5) is 11.4 Å². The van der Waals surface area contributed by atoms with Crippen LogP contribution in [0.2, 0.25) is 0 Å². The number of para-hydroxylation sites is 2. The normalized spacial score (nSPS) is 17.3. The number of nitrogens with zero attached hydrogens (tertiary/aromatic N) is 3. The first-order valence-corrected chi connectivity index (χ1v) is 13.3. The summed E-state index contributed by atoms with van der Waals surface area (Å²) in [5, 5.41) is 0. The quantitative estimate of drug-likeness (QED) is 0.693. The second-order valence-electron chi connectivity index (χ2n) is 8.41. The zero-order chi connectivity index (χ0) is 22.3. The molecule has 0 atom stereocenters. The minimum atomic E-state index is -4.00. The molecule has 0 spiro atoms. The van der Waals surface area contributed by atoms with E-state index in [-0.39, 0.29) is 19.7 Å². The lowest BCUT2D eigenvalue weighted by molar-refractivity contribution is 0.280. The summed E-state index contributed by atoms with van der Waals surface area (Å²) >= 11 is 0.657. The minimum Gasteiger partial charge on any atom is -0.370 e. The number of aromatic nitrogens is 1. The summed E-state index contributed by atoms with van der Waals surface area (Å²) in [6.45, 7) is 7.67. The summed E-state index contributed by atoms with van der Waals surface area (Å²) in [4.78, 5) is 6.18. The smallest absolute Gasteiger partial charge is 0.273 e. The monoisotopic (exact) mass is 472 g/mol. The van der Waals surface area contributed by atoms with Crippen LogP contribution in [0.15, 0.2) is 32.8 Å². The molecule has 2 heterocycles. The fourth-order valence-electron chi connectivity index (χ4n) is 3.25. The van der Waals surface area contributed by atoms with E-state index >= 15 is 0 Å². The average molecular weight is 473 g/mol. The molecular weight excluding hydrogens is 444 g/mol. The van der Waals surface area contributed by atoms with Gasteiger partial charge in [-0.05, 0) is 37.3 Å². The molecule has 0 amide bonds. The molecule has 0 bridgehead atoms. The van der Waals surface area contributed by atoms with E-state index in [1.54, 1.807) is 12.1 Å². The van der Waals surface area contributed by atoms with E-state index in [0.717, 1.165) is 35.9 Å². The van der Waals surface area contributed by atoms with Crippen molar-refractivity contribution in [2.45, 2.75) is 42.2 Å². The number of anilines is 2. The van der Waals surface area contributed by atoms with Crippen molar-refractivity contribution in [1.29, 1.82) is 0 Å². The predicted molar refractivity (Wildman–Crippen MR) is 120 cm³/mol. The maximum absolute atomic E-state index is 13.1. The van der Waals surface area contributed by atoms with Crippen LogP contribution < -0.4 is 9.62 Å². The van der Waals surface area contributed by atoms with E-state index in [1.165, 1.54) is 21.0 Å². The Morgan fingerprint density at radius 1 is 1.10 bits per heavy atom. The highest BCUT2D eigenvalue weighted by Crippen LogP contribution is 2.36. The number of sulfonamides is 2. The van der Waals surface area contributed by atoms with Crippen LogP contribution in [-0.4, -0.2) is 53.3 Å². The molecule has 0 aliphatic carbocycles. The summed E-state index contributed by atoms with van der Waals surface area (Å²) in [5.74, 6) is 0. The lowest BCUT2D eigenvalue weighted by Gasteiger charge is -2.38. The Bertz CT molecular complexity index is 1130. The van der Waals surface area contributed by atoms with Gasteiger partial charge < -0.3 is 4.90 Å². The zero-order valence-electron chi connectivity index (χ0n) is 17.8. The van der Waals surface area contributed by atoms with Crippen molar-refractivity contribution in [3.63, 3.8) is 0 Å². The van der Waals surface area contributed by atoms with Crippen molar-refractivity contribution in [2.75, 3.05) is 36.8 Å². The van der Waals surface area contributed by atoms with Crippen LogP contribution in [0.5, 0.6) is 0 Å². The molecule has 1 N–H and O–H groups in total. The Labute approximate surface area is 183 Å². The highest BCUT2D eigenvalue weighted by molar-refractivity contribution is 7.96. The van der Waals surface area contributed by atoms with Crippen LogP contribution in [0.1, 0.15) is 32.4 Å². The highest BCUT2D eigenvalue weighted by Gasteiger charge is 2.30. The van der Waals surface area contributed by atoms with Gasteiger partial charge in [0.25, 0.3) is 20.0 Å². The molecule has 30 heavy (non-hydrogen) atoms. The molecule has 1 aliphatic rings. The minimum absolute atomic E-state index is 0.0995. The Morgan fingerprint density at radius 2 is 1.70 bits per heavy atom. The molecule has 0 saturated carbocycles. The molecule has 1 aliphatic heterocycles. The largest absolute Gasteiger partial charge is 0.370 e. The Morgan fingerprint density at radius 3 is 2.30 bits per heavy atom. The SMILES string of the molecule is Cc1nc(S(=O)(=O)N(C)C)sc1S(=O)(=O)Nc1ccccc1N1CCC(C)(C)CC1. The summed E-state index contributed by atoms with van der Waals surface area (Å²) < 4.78 is 54.2. The van der Waals surface area contributed by atoms with E-state index in [0.29, 0.717) is 17.0 Å². The van der Waals surface area contributed by atoms with Gasteiger partial charge in [-0.1, -0.05) is 37.3 Å². The third-order valence-electron chi connectivity index (χ3n) is 5.29. The number of hydrogen-bond donors (Lipinski definition) is 1. The first-order valence-electron chi connectivity index (χ1n) is 9.60. The van der Waals surface area contributed by atoms with E-state index in [4.69, 9.17) is 0 Å². The Hall–Kier alpha value is -1.69. The van der Waals surface area contributed by atoms with Gasteiger partial charge >= 0.3 is 0 Å². The third-order valence-corrected chi connectivity index (χ3v) is 10.6. The lowest BCUT2D eigenvalue weighted by Crippen LogP contribution is -2.37. The third kappa shape index (κ3) is 4.63. The Balaban J connectivity index is 1.92. The standard InChI is InChI=1S/C19H28N4O4S3/c1-14-17(28-18(20-14)30(26,27)22(4)5)29(24,25)21-15-8-6-7-9-16(15)23-12-10-19(2,3)11-13-23/h6-9,21H,10-13H2,1-5H3. The molecule has 8 nitrogen and oxygen atoms in total. The van der Waals surface area contributed by atoms with Crippen molar-refractivity contribution < 1.29 is 16.8 Å². The van der Waals surface area contributed by atoms with Gasteiger partial charge in [0.15, 0.2) is 4.21 Å². The Kier molecular flexibility index (Phi) is 6.21. The first kappa shape index (κ1) is 23.0. The van der Waals surface area contributed by atoms with Gasteiger partial charge in [-0.15, -0.1) is 0 Å². The van der Waals surface area contributed by atoms with E-state index in [9.17, 15) is 16.8 Å². The van der Waals surface area contributed by atoms with Crippen molar-refractivity contribution in [3.8, 4) is 0 Å². The number of nitrogens with one attached hydrogen (secondary N) is 1. The molecule has 1 aromatic heterocycles. The summed E-state index contributed by atoms with van der Waals surface area (Å²) in [6.07, 6.45) is 2.04. The van der Waals surface area contributed by atoms with E-state index in [1.807, 2.05) is 12.1 Å². The second-order valence-corrected chi connectivity index (χ2v) is 13.6. The summed E-state index contributed by atoms with van der Waals surface area (Å²) in [5.41, 5.74) is 1.73. The van der Waals surface area contributed by atoms with Gasteiger partial charge in [-0.25, -0.2) is 26.1 Å². The van der Waals surface area contributed by atoms with Crippen LogP contribution in [-0.2, 0) is 20.0 Å². The molecule has 0 radical (unpaired) electrons. The number of aryl methyl sites for hydroxylation is 1. The molecule has 1 saturated heterocycles. The van der Waals surface area contributed by atoms with Gasteiger partial charge in [0.1, 0.15) is 0 Å².